The zero-order valence-electron chi connectivity index (χ0n) is 19.2. The summed E-state index contributed by atoms with van der Waals surface area (Å²) in [6.07, 6.45) is 6.58. The van der Waals surface area contributed by atoms with E-state index in [1.807, 2.05) is 42.5 Å². The molecule has 2 amide bonds. The molecular weight excluding hydrogens is 428 g/mol. The number of carbonyl (C=O) groups is 1. The third-order valence-electron chi connectivity index (χ3n) is 5.94. The van der Waals surface area contributed by atoms with Crippen LogP contribution in [0.3, 0.4) is 0 Å². The monoisotopic (exact) mass is 458 g/mol. The summed E-state index contributed by atoms with van der Waals surface area (Å²) in [5.74, 6) is 1.29. The van der Waals surface area contributed by atoms with Gasteiger partial charge in [0.05, 0.1) is 11.4 Å². The fourth-order valence-corrected chi connectivity index (χ4v) is 4.20. The number of nitrogens with zero attached hydrogens (tertiary/aromatic N) is 5. The van der Waals surface area contributed by atoms with Crippen LogP contribution in [0, 0.1) is 11.3 Å². The van der Waals surface area contributed by atoms with Crippen molar-refractivity contribution in [3.05, 3.63) is 65.5 Å². The highest BCUT2D eigenvalue weighted by molar-refractivity contribution is 5.74. The smallest absolute Gasteiger partial charge is 0.315 e. The van der Waals surface area contributed by atoms with Gasteiger partial charge in [0.2, 0.25) is 0 Å². The van der Waals surface area contributed by atoms with E-state index in [9.17, 15) is 10.1 Å². The lowest BCUT2D eigenvalue weighted by Gasteiger charge is -2.29. The van der Waals surface area contributed by atoms with Gasteiger partial charge in [0.1, 0.15) is 23.3 Å². The van der Waals surface area contributed by atoms with Crippen molar-refractivity contribution in [1.29, 1.82) is 5.26 Å². The molecule has 1 saturated heterocycles. The second-order valence-corrected chi connectivity index (χ2v) is 8.31. The summed E-state index contributed by atoms with van der Waals surface area (Å²) in [7, 11) is 0. The summed E-state index contributed by atoms with van der Waals surface area (Å²) < 4.78 is 1.59. The number of urea groups is 1. The largest absolute Gasteiger partial charge is 0.382 e. The summed E-state index contributed by atoms with van der Waals surface area (Å²) in [4.78, 5) is 19.2. The van der Waals surface area contributed by atoms with Gasteiger partial charge in [-0.3, -0.25) is 0 Å². The molecule has 0 atom stereocenters. The zero-order valence-corrected chi connectivity index (χ0v) is 19.2. The second kappa shape index (κ2) is 11.2. The molecule has 9 heteroatoms. The predicted molar refractivity (Wildman–Crippen MR) is 132 cm³/mol. The van der Waals surface area contributed by atoms with Crippen LogP contribution in [0.4, 0.5) is 16.4 Å². The highest BCUT2D eigenvalue weighted by Gasteiger charge is 2.17. The number of nitrogens with two attached hydrogens (primary N) is 1. The summed E-state index contributed by atoms with van der Waals surface area (Å²) >= 11 is 0. The molecule has 0 radical (unpaired) electrons. The fraction of sp³-hybridized carbons (Fsp3) is 0.360. The normalized spacial score (nSPS) is 13.3. The number of benzene rings is 1. The van der Waals surface area contributed by atoms with E-state index in [4.69, 9.17) is 5.73 Å². The number of hydrogen-bond acceptors (Lipinski definition) is 6. The molecule has 2 aromatic heterocycles. The number of aromatic nitrogens is 3. The van der Waals surface area contributed by atoms with Gasteiger partial charge in [0, 0.05) is 37.9 Å². The number of nitriles is 1. The average molecular weight is 459 g/mol. The van der Waals surface area contributed by atoms with Gasteiger partial charge in [0.15, 0.2) is 0 Å². The summed E-state index contributed by atoms with van der Waals surface area (Å²) in [6.45, 7) is 2.89. The van der Waals surface area contributed by atoms with Crippen LogP contribution in [0.2, 0.25) is 0 Å². The minimum Gasteiger partial charge on any atom is -0.382 e. The Labute approximate surface area is 199 Å². The zero-order chi connectivity index (χ0) is 23.8. The summed E-state index contributed by atoms with van der Waals surface area (Å²) in [5, 5.41) is 19.9. The first-order valence-corrected chi connectivity index (χ1v) is 11.7. The number of para-hydroxylation sites is 1. The van der Waals surface area contributed by atoms with Crippen molar-refractivity contribution in [2.75, 3.05) is 30.3 Å². The molecular formula is C25H30N8O. The Morgan fingerprint density at radius 3 is 2.65 bits per heavy atom. The van der Waals surface area contributed by atoms with Crippen molar-refractivity contribution < 1.29 is 4.79 Å². The van der Waals surface area contributed by atoms with E-state index >= 15 is 0 Å². The molecule has 3 aromatic rings. The maximum absolute atomic E-state index is 12.3. The standard InChI is InChI=1S/C25H30N8O/c26-17-21-22(31-33(23(21)27)20-10-3-1-4-11-20)12-8-14-29-25(34)30-18-19-9-7-13-28-24(19)32-15-5-2-6-16-32/h1,3-4,7,9-11,13H,2,5-6,8,12,14-16,18,27H2,(H2,29,30,34). The fourth-order valence-electron chi connectivity index (χ4n) is 4.20. The van der Waals surface area contributed by atoms with Gasteiger partial charge in [-0.1, -0.05) is 24.3 Å². The molecule has 1 fully saturated rings. The molecule has 0 spiro atoms. The van der Waals surface area contributed by atoms with Crippen LogP contribution in [0.25, 0.3) is 5.69 Å². The third kappa shape index (κ3) is 5.46. The number of carbonyl (C=O) groups excluding carboxylic acids is 1. The molecule has 1 aliphatic heterocycles. The van der Waals surface area contributed by atoms with E-state index in [0.717, 1.165) is 30.2 Å². The number of amides is 2. The van der Waals surface area contributed by atoms with E-state index in [1.54, 1.807) is 10.9 Å². The van der Waals surface area contributed by atoms with E-state index < -0.39 is 0 Å². The van der Waals surface area contributed by atoms with Crippen molar-refractivity contribution in [1.82, 2.24) is 25.4 Å². The van der Waals surface area contributed by atoms with E-state index in [-0.39, 0.29) is 6.03 Å². The number of piperidine rings is 1. The van der Waals surface area contributed by atoms with Crippen molar-refractivity contribution >= 4 is 17.7 Å². The maximum atomic E-state index is 12.3. The molecule has 0 saturated carbocycles. The molecule has 34 heavy (non-hydrogen) atoms. The van der Waals surface area contributed by atoms with Crippen molar-refractivity contribution in [2.24, 2.45) is 0 Å². The van der Waals surface area contributed by atoms with Crippen LogP contribution < -0.4 is 21.3 Å². The lowest BCUT2D eigenvalue weighted by Crippen LogP contribution is -2.37. The molecule has 0 aliphatic carbocycles. The molecule has 1 aliphatic rings. The van der Waals surface area contributed by atoms with Crippen LogP contribution in [0.5, 0.6) is 0 Å². The van der Waals surface area contributed by atoms with E-state index in [0.29, 0.717) is 43.0 Å². The van der Waals surface area contributed by atoms with Crippen LogP contribution in [-0.4, -0.2) is 40.4 Å². The van der Waals surface area contributed by atoms with Gasteiger partial charge in [-0.2, -0.15) is 10.4 Å². The van der Waals surface area contributed by atoms with Crippen molar-refractivity contribution in [3.63, 3.8) is 0 Å². The van der Waals surface area contributed by atoms with Gasteiger partial charge in [-0.15, -0.1) is 0 Å². The second-order valence-electron chi connectivity index (χ2n) is 8.31. The third-order valence-corrected chi connectivity index (χ3v) is 5.94. The molecule has 9 nitrogen and oxygen atoms in total. The molecule has 4 rings (SSSR count). The predicted octanol–water partition coefficient (Wildman–Crippen LogP) is 3.14. The number of hydrogen-bond donors (Lipinski definition) is 3. The molecule has 176 valence electrons. The van der Waals surface area contributed by atoms with Gasteiger partial charge in [-0.05, 0) is 50.3 Å². The first kappa shape index (κ1) is 23.1. The van der Waals surface area contributed by atoms with Crippen molar-refractivity contribution in [2.45, 2.75) is 38.6 Å². The van der Waals surface area contributed by atoms with Crippen molar-refractivity contribution in [3.8, 4) is 11.8 Å². The lowest BCUT2D eigenvalue weighted by molar-refractivity contribution is 0.240. The molecule has 3 heterocycles. The Balaban J connectivity index is 1.27. The Bertz CT molecular complexity index is 1150. The quantitative estimate of drug-likeness (QED) is 0.445. The average Bonchev–Trinajstić information content (AvgIpc) is 3.21. The summed E-state index contributed by atoms with van der Waals surface area (Å²) in [6, 6.07) is 15.3. The minimum atomic E-state index is -0.233. The number of nitrogens with one attached hydrogen (secondary N) is 2. The maximum Gasteiger partial charge on any atom is 0.315 e. The number of nitrogen functional groups attached to an aromatic ring is 1. The minimum absolute atomic E-state index is 0.233. The molecule has 0 unspecified atom stereocenters. The molecule has 4 N–H and O–H groups in total. The Morgan fingerprint density at radius 1 is 1.09 bits per heavy atom. The van der Waals surface area contributed by atoms with Gasteiger partial charge in [0.25, 0.3) is 0 Å². The number of rotatable bonds is 8. The first-order chi connectivity index (χ1) is 16.7. The van der Waals surface area contributed by atoms with E-state index in [1.165, 1.54) is 19.3 Å². The van der Waals surface area contributed by atoms with E-state index in [2.05, 4.69) is 31.7 Å². The molecule has 1 aromatic carbocycles. The number of anilines is 2. The van der Waals surface area contributed by atoms with Crippen LogP contribution in [-0.2, 0) is 13.0 Å². The Kier molecular flexibility index (Phi) is 7.60. The SMILES string of the molecule is N#Cc1c(CCCNC(=O)NCc2cccnc2N2CCCCC2)nn(-c2ccccc2)c1N. The van der Waals surface area contributed by atoms with Crippen LogP contribution in [0.1, 0.15) is 42.5 Å². The van der Waals surface area contributed by atoms with Crippen LogP contribution in [0.15, 0.2) is 48.7 Å². The highest BCUT2D eigenvalue weighted by Crippen LogP contribution is 2.22. The molecule has 0 bridgehead atoms. The van der Waals surface area contributed by atoms with Crippen LogP contribution >= 0.6 is 0 Å². The van der Waals surface area contributed by atoms with Gasteiger partial charge >= 0.3 is 6.03 Å². The Morgan fingerprint density at radius 2 is 1.88 bits per heavy atom. The number of pyridine rings is 1. The Hall–Kier alpha value is -4.06. The highest BCUT2D eigenvalue weighted by atomic mass is 16.2. The lowest BCUT2D eigenvalue weighted by atomic mass is 10.1. The summed E-state index contributed by atoms with van der Waals surface area (Å²) in [5.41, 5.74) is 8.99. The van der Waals surface area contributed by atoms with Gasteiger partial charge < -0.3 is 21.3 Å². The number of aryl methyl sites for hydroxylation is 1. The van der Waals surface area contributed by atoms with Gasteiger partial charge in [-0.25, -0.2) is 14.5 Å². The topological polar surface area (TPSA) is 125 Å². The first-order valence-electron chi connectivity index (χ1n) is 11.7.